The molecule has 1 N–H and O–H groups in total. The first-order valence-corrected chi connectivity index (χ1v) is 9.76. The van der Waals surface area contributed by atoms with Crippen molar-refractivity contribution < 1.29 is 14.7 Å². The summed E-state index contributed by atoms with van der Waals surface area (Å²) in [5.41, 5.74) is 1.99. The van der Waals surface area contributed by atoms with Gasteiger partial charge in [0, 0.05) is 11.4 Å². The lowest BCUT2D eigenvalue weighted by Crippen LogP contribution is -2.44. The molecular formula is C18H19NO3S2. The van der Waals surface area contributed by atoms with E-state index in [0.29, 0.717) is 6.54 Å². The van der Waals surface area contributed by atoms with E-state index in [4.69, 9.17) is 0 Å². The standard InChI is InChI=1S/C18H19NO3S2/c1-12(18(21)22)19(11-13-5-3-2-4-6-13)17(20)16-14-7-9-23-15(14)8-10-24-16/h2-7,9,12,16H,8,10-11H2,1H3,(H,21,22). The van der Waals surface area contributed by atoms with Crippen molar-refractivity contribution in [3.8, 4) is 0 Å². The molecule has 0 radical (unpaired) electrons. The van der Waals surface area contributed by atoms with Gasteiger partial charge in [0.25, 0.3) is 0 Å². The van der Waals surface area contributed by atoms with Crippen LogP contribution in [0.5, 0.6) is 0 Å². The van der Waals surface area contributed by atoms with E-state index in [1.165, 1.54) is 9.78 Å². The molecule has 0 aliphatic carbocycles. The summed E-state index contributed by atoms with van der Waals surface area (Å²) in [5, 5.41) is 11.1. The number of benzene rings is 1. The highest BCUT2D eigenvalue weighted by Gasteiger charge is 2.35. The number of carbonyl (C=O) groups is 2. The molecule has 1 aliphatic rings. The van der Waals surface area contributed by atoms with Crippen LogP contribution in [0.15, 0.2) is 41.8 Å². The van der Waals surface area contributed by atoms with E-state index in [2.05, 4.69) is 0 Å². The summed E-state index contributed by atoms with van der Waals surface area (Å²) >= 11 is 3.29. The Balaban J connectivity index is 1.88. The molecule has 126 valence electrons. The number of aliphatic carboxylic acids is 1. The number of hydrogen-bond donors (Lipinski definition) is 1. The highest BCUT2D eigenvalue weighted by Crippen LogP contribution is 2.40. The number of thioether (sulfide) groups is 1. The molecule has 3 rings (SSSR count). The zero-order chi connectivity index (χ0) is 17.1. The Morgan fingerprint density at radius 2 is 2.04 bits per heavy atom. The van der Waals surface area contributed by atoms with Crippen LogP contribution < -0.4 is 0 Å². The second kappa shape index (κ2) is 7.40. The Morgan fingerprint density at radius 1 is 1.29 bits per heavy atom. The highest BCUT2D eigenvalue weighted by atomic mass is 32.2. The molecule has 0 saturated heterocycles. The van der Waals surface area contributed by atoms with Crippen molar-refractivity contribution >= 4 is 35.0 Å². The van der Waals surface area contributed by atoms with Gasteiger partial charge in [-0.1, -0.05) is 30.3 Å². The minimum absolute atomic E-state index is 0.113. The van der Waals surface area contributed by atoms with Crippen LogP contribution in [0.25, 0.3) is 0 Å². The third kappa shape index (κ3) is 3.49. The first kappa shape index (κ1) is 17.0. The van der Waals surface area contributed by atoms with E-state index < -0.39 is 12.0 Å². The lowest BCUT2D eigenvalue weighted by Gasteiger charge is -2.32. The summed E-state index contributed by atoms with van der Waals surface area (Å²) < 4.78 is 0. The molecule has 0 fully saturated rings. The first-order valence-electron chi connectivity index (χ1n) is 7.83. The van der Waals surface area contributed by atoms with Gasteiger partial charge in [0.05, 0.1) is 0 Å². The summed E-state index contributed by atoms with van der Waals surface area (Å²) in [7, 11) is 0. The third-order valence-electron chi connectivity index (χ3n) is 4.20. The van der Waals surface area contributed by atoms with E-state index in [1.54, 1.807) is 30.0 Å². The fourth-order valence-corrected chi connectivity index (χ4v) is 5.18. The Morgan fingerprint density at radius 3 is 2.75 bits per heavy atom. The number of carboxylic acids is 1. The molecule has 4 nitrogen and oxygen atoms in total. The topological polar surface area (TPSA) is 57.6 Å². The first-order chi connectivity index (χ1) is 11.6. The zero-order valence-electron chi connectivity index (χ0n) is 13.3. The van der Waals surface area contributed by atoms with Crippen molar-refractivity contribution in [1.82, 2.24) is 4.90 Å². The molecule has 2 atom stereocenters. The molecule has 1 amide bonds. The van der Waals surface area contributed by atoms with Crippen LogP contribution in [-0.2, 0) is 22.6 Å². The van der Waals surface area contributed by atoms with Crippen LogP contribution >= 0.6 is 23.1 Å². The van der Waals surface area contributed by atoms with Gasteiger partial charge in [0.2, 0.25) is 5.91 Å². The molecule has 1 aromatic carbocycles. The average Bonchev–Trinajstić information content (AvgIpc) is 3.08. The van der Waals surface area contributed by atoms with Gasteiger partial charge in [0.15, 0.2) is 0 Å². The quantitative estimate of drug-likeness (QED) is 0.884. The lowest BCUT2D eigenvalue weighted by molar-refractivity contribution is -0.149. The van der Waals surface area contributed by atoms with Crippen LogP contribution in [0, 0.1) is 0 Å². The number of carboxylic acid groups (broad SMARTS) is 1. The van der Waals surface area contributed by atoms with Gasteiger partial charge in [-0.05, 0) is 41.7 Å². The maximum Gasteiger partial charge on any atom is 0.326 e. The number of thiophene rings is 1. The van der Waals surface area contributed by atoms with Crippen LogP contribution in [0.3, 0.4) is 0 Å². The Kier molecular flexibility index (Phi) is 5.26. The number of aryl methyl sites for hydroxylation is 1. The van der Waals surface area contributed by atoms with Crippen LogP contribution in [0.2, 0.25) is 0 Å². The molecule has 1 aromatic heterocycles. The fourth-order valence-electron chi connectivity index (χ4n) is 2.82. The summed E-state index contributed by atoms with van der Waals surface area (Å²) in [4.78, 5) is 27.4. The van der Waals surface area contributed by atoms with Crippen LogP contribution in [0.4, 0.5) is 0 Å². The van der Waals surface area contributed by atoms with Crippen molar-refractivity contribution in [1.29, 1.82) is 0 Å². The van der Waals surface area contributed by atoms with Crippen molar-refractivity contribution in [2.75, 3.05) is 5.75 Å². The maximum absolute atomic E-state index is 13.2. The molecule has 0 saturated carbocycles. The molecule has 2 aromatic rings. The number of fused-ring (bicyclic) bond motifs is 1. The summed E-state index contributed by atoms with van der Waals surface area (Å²) in [6.45, 7) is 1.88. The molecule has 1 aliphatic heterocycles. The summed E-state index contributed by atoms with van der Waals surface area (Å²) in [5.74, 6) is -0.200. The third-order valence-corrected chi connectivity index (χ3v) is 6.43. The minimum atomic E-state index is -0.981. The normalized spacial score (nSPS) is 17.8. The van der Waals surface area contributed by atoms with Gasteiger partial charge < -0.3 is 10.0 Å². The van der Waals surface area contributed by atoms with Crippen molar-refractivity contribution in [2.24, 2.45) is 0 Å². The largest absolute Gasteiger partial charge is 0.480 e. The van der Waals surface area contributed by atoms with Crippen molar-refractivity contribution in [2.45, 2.75) is 31.2 Å². The van der Waals surface area contributed by atoms with Gasteiger partial charge in [-0.15, -0.1) is 23.1 Å². The number of nitrogens with zero attached hydrogens (tertiary/aromatic N) is 1. The summed E-state index contributed by atoms with van der Waals surface area (Å²) in [6.07, 6.45) is 0.981. The number of carbonyl (C=O) groups excluding carboxylic acids is 1. The molecule has 2 unspecified atom stereocenters. The predicted octanol–water partition coefficient (Wildman–Crippen LogP) is 3.58. The SMILES string of the molecule is CC(C(=O)O)N(Cc1ccccc1)C(=O)C1SCCc2sccc21. The monoisotopic (exact) mass is 361 g/mol. The molecule has 6 heteroatoms. The second-order valence-corrected chi connectivity index (χ2v) is 7.98. The summed E-state index contributed by atoms with van der Waals surface area (Å²) in [6, 6.07) is 10.7. The van der Waals surface area contributed by atoms with E-state index in [9.17, 15) is 14.7 Å². The van der Waals surface area contributed by atoms with Gasteiger partial charge in [-0.2, -0.15) is 0 Å². The second-order valence-electron chi connectivity index (χ2n) is 5.77. The lowest BCUT2D eigenvalue weighted by atomic mass is 10.1. The van der Waals surface area contributed by atoms with E-state index in [0.717, 1.165) is 23.3 Å². The van der Waals surface area contributed by atoms with Crippen molar-refractivity contribution in [3.63, 3.8) is 0 Å². The van der Waals surface area contributed by atoms with E-state index >= 15 is 0 Å². The maximum atomic E-state index is 13.2. The molecular weight excluding hydrogens is 342 g/mol. The van der Waals surface area contributed by atoms with Crippen LogP contribution in [-0.4, -0.2) is 33.7 Å². The van der Waals surface area contributed by atoms with Gasteiger partial charge >= 0.3 is 5.97 Å². The van der Waals surface area contributed by atoms with Gasteiger partial charge in [-0.25, -0.2) is 4.79 Å². The smallest absolute Gasteiger partial charge is 0.326 e. The minimum Gasteiger partial charge on any atom is -0.480 e. The number of hydrogen-bond acceptors (Lipinski definition) is 4. The molecule has 0 spiro atoms. The Bertz CT molecular complexity index is 729. The molecule has 24 heavy (non-hydrogen) atoms. The van der Waals surface area contributed by atoms with E-state index in [-0.39, 0.29) is 11.2 Å². The fraction of sp³-hybridized carbons (Fsp3) is 0.333. The predicted molar refractivity (Wildman–Crippen MR) is 97.3 cm³/mol. The average molecular weight is 361 g/mol. The number of amides is 1. The number of rotatable bonds is 5. The van der Waals surface area contributed by atoms with Gasteiger partial charge in [0.1, 0.15) is 11.3 Å². The zero-order valence-corrected chi connectivity index (χ0v) is 15.0. The van der Waals surface area contributed by atoms with Crippen LogP contribution in [0.1, 0.15) is 28.2 Å². The highest BCUT2D eigenvalue weighted by molar-refractivity contribution is 8.00. The van der Waals surface area contributed by atoms with E-state index in [1.807, 2.05) is 41.8 Å². The Labute approximate surface area is 149 Å². The Hall–Kier alpha value is -1.79. The van der Waals surface area contributed by atoms with Crippen molar-refractivity contribution in [3.05, 3.63) is 57.8 Å². The molecule has 0 bridgehead atoms. The molecule has 2 heterocycles. The van der Waals surface area contributed by atoms with Gasteiger partial charge in [-0.3, -0.25) is 4.79 Å².